The molecule has 20 heavy (non-hydrogen) atoms. The number of likely N-dealkylation sites (tertiary alicyclic amines) is 1. The molecule has 0 radical (unpaired) electrons. The van der Waals surface area contributed by atoms with Crippen LogP contribution in [-0.2, 0) is 4.79 Å². The average Bonchev–Trinajstić information content (AvgIpc) is 2.48. The molecule has 2 heterocycles. The van der Waals surface area contributed by atoms with Gasteiger partial charge in [-0.15, -0.1) is 11.6 Å². The fourth-order valence-electron chi connectivity index (χ4n) is 2.20. The van der Waals surface area contributed by atoms with Gasteiger partial charge in [0.2, 0.25) is 5.91 Å². The fraction of sp³-hybridized carbons (Fsp3) is 0.643. The van der Waals surface area contributed by atoms with Gasteiger partial charge in [0.1, 0.15) is 6.10 Å². The van der Waals surface area contributed by atoms with Crippen molar-refractivity contribution in [1.29, 1.82) is 0 Å². The summed E-state index contributed by atoms with van der Waals surface area (Å²) in [6, 6.07) is 2.11. The van der Waals surface area contributed by atoms with Crippen LogP contribution in [0.2, 0.25) is 0 Å². The third-order valence-corrected chi connectivity index (χ3v) is 4.06. The Kier molecular flexibility index (Phi) is 4.81. The first-order valence-corrected chi connectivity index (χ1v) is 7.35. The Labute approximate surface area is 124 Å². The molecule has 0 saturated carbocycles. The highest BCUT2D eigenvalue weighted by Crippen LogP contribution is 2.24. The van der Waals surface area contributed by atoms with E-state index in [1.54, 1.807) is 18.5 Å². The van der Waals surface area contributed by atoms with Crippen molar-refractivity contribution in [2.45, 2.75) is 32.8 Å². The van der Waals surface area contributed by atoms with Crippen LogP contribution in [0.3, 0.4) is 0 Å². The van der Waals surface area contributed by atoms with E-state index in [0.717, 1.165) is 19.4 Å². The predicted molar refractivity (Wildman–Crippen MR) is 76.8 cm³/mol. The number of carbonyl (C=O) groups excluding carboxylic acids is 1. The summed E-state index contributed by atoms with van der Waals surface area (Å²) in [5, 5.41) is 0. The Morgan fingerprint density at radius 3 is 2.85 bits per heavy atom. The third-order valence-electron chi connectivity index (χ3n) is 3.39. The van der Waals surface area contributed by atoms with Crippen LogP contribution in [0.5, 0.6) is 6.01 Å². The molecule has 1 atom stereocenters. The van der Waals surface area contributed by atoms with E-state index in [1.807, 2.05) is 18.7 Å². The van der Waals surface area contributed by atoms with E-state index in [1.165, 1.54) is 0 Å². The van der Waals surface area contributed by atoms with E-state index >= 15 is 0 Å². The van der Waals surface area contributed by atoms with Gasteiger partial charge in [-0.2, -0.15) is 0 Å². The second-order valence-electron chi connectivity index (χ2n) is 5.68. The summed E-state index contributed by atoms with van der Waals surface area (Å²) in [6.07, 6.45) is 5.06. The lowest BCUT2D eigenvalue weighted by Gasteiger charge is -2.36. The maximum atomic E-state index is 12.4. The minimum absolute atomic E-state index is 0.0544. The smallest absolute Gasteiger partial charge is 0.316 e. The van der Waals surface area contributed by atoms with Gasteiger partial charge in [0, 0.05) is 24.8 Å². The topological polar surface area (TPSA) is 55.3 Å². The van der Waals surface area contributed by atoms with Gasteiger partial charge in [0.05, 0.1) is 12.0 Å². The number of halogens is 1. The van der Waals surface area contributed by atoms with Crippen molar-refractivity contribution in [3.8, 4) is 6.01 Å². The Hall–Kier alpha value is -1.36. The van der Waals surface area contributed by atoms with Crippen molar-refractivity contribution in [1.82, 2.24) is 14.9 Å². The van der Waals surface area contributed by atoms with Crippen molar-refractivity contribution in [2.75, 3.05) is 19.0 Å². The zero-order valence-corrected chi connectivity index (χ0v) is 12.6. The first-order valence-electron chi connectivity index (χ1n) is 6.82. The number of nitrogens with zero attached hydrogens (tertiary/aromatic N) is 3. The molecule has 0 aromatic carbocycles. The zero-order chi connectivity index (χ0) is 14.6. The standard InChI is InChI=1S/C14H20ClN3O2/c1-14(2,10-15)12(19)18-8-3-5-11(9-18)20-13-16-6-4-7-17-13/h4,6-7,11H,3,5,8-10H2,1-2H3. The van der Waals surface area contributed by atoms with Gasteiger partial charge in [-0.05, 0) is 32.8 Å². The van der Waals surface area contributed by atoms with Crippen molar-refractivity contribution in [3.63, 3.8) is 0 Å². The molecule has 1 unspecified atom stereocenters. The number of carbonyl (C=O) groups is 1. The molecule has 6 heteroatoms. The number of alkyl halides is 1. The van der Waals surface area contributed by atoms with Gasteiger partial charge >= 0.3 is 6.01 Å². The van der Waals surface area contributed by atoms with Crippen molar-refractivity contribution >= 4 is 17.5 Å². The van der Waals surface area contributed by atoms with Crippen molar-refractivity contribution in [2.24, 2.45) is 5.41 Å². The molecule has 1 aromatic heterocycles. The number of hydrogen-bond donors (Lipinski definition) is 0. The summed E-state index contributed by atoms with van der Waals surface area (Å²) in [7, 11) is 0. The normalized spacial score (nSPS) is 19.8. The minimum Gasteiger partial charge on any atom is -0.458 e. The molecule has 1 fully saturated rings. The molecule has 1 aliphatic rings. The average molecular weight is 298 g/mol. The highest BCUT2D eigenvalue weighted by atomic mass is 35.5. The van der Waals surface area contributed by atoms with Gasteiger partial charge in [-0.1, -0.05) is 0 Å². The first-order chi connectivity index (χ1) is 9.53. The number of hydrogen-bond acceptors (Lipinski definition) is 4. The highest BCUT2D eigenvalue weighted by Gasteiger charge is 2.34. The first kappa shape index (κ1) is 15.0. The number of rotatable bonds is 4. The molecule has 0 aliphatic carbocycles. The fourth-order valence-corrected chi connectivity index (χ4v) is 2.31. The molecule has 1 aromatic rings. The Morgan fingerprint density at radius 1 is 1.50 bits per heavy atom. The summed E-state index contributed by atoms with van der Waals surface area (Å²) in [4.78, 5) is 22.3. The molecule has 110 valence electrons. The van der Waals surface area contributed by atoms with Crippen LogP contribution in [0.1, 0.15) is 26.7 Å². The van der Waals surface area contributed by atoms with Crippen LogP contribution in [0.25, 0.3) is 0 Å². The molecule has 0 N–H and O–H groups in total. The molecule has 1 amide bonds. The molecule has 1 aliphatic heterocycles. The summed E-state index contributed by atoms with van der Waals surface area (Å²) < 4.78 is 5.73. The largest absolute Gasteiger partial charge is 0.458 e. The zero-order valence-electron chi connectivity index (χ0n) is 11.9. The van der Waals surface area contributed by atoms with Gasteiger partial charge in [0.15, 0.2) is 0 Å². The van der Waals surface area contributed by atoms with Crippen molar-refractivity contribution in [3.05, 3.63) is 18.5 Å². The summed E-state index contributed by atoms with van der Waals surface area (Å²) in [5.41, 5.74) is -0.535. The quantitative estimate of drug-likeness (QED) is 0.799. The number of amides is 1. The van der Waals surface area contributed by atoms with E-state index < -0.39 is 5.41 Å². The van der Waals surface area contributed by atoms with Crippen molar-refractivity contribution < 1.29 is 9.53 Å². The summed E-state index contributed by atoms with van der Waals surface area (Å²) in [6.45, 7) is 5.06. The van der Waals surface area contributed by atoms with Gasteiger partial charge in [0.25, 0.3) is 0 Å². The SMILES string of the molecule is CC(C)(CCl)C(=O)N1CCCC(Oc2ncccn2)C1. The van der Waals surface area contributed by atoms with Crippen LogP contribution in [0, 0.1) is 5.41 Å². The van der Waals surface area contributed by atoms with Crippen LogP contribution < -0.4 is 4.74 Å². The predicted octanol–water partition coefficient (Wildman–Crippen LogP) is 2.11. The summed E-state index contributed by atoms with van der Waals surface area (Å²) >= 11 is 5.87. The monoisotopic (exact) mass is 297 g/mol. The van der Waals surface area contributed by atoms with Crippen LogP contribution >= 0.6 is 11.6 Å². The molecule has 1 saturated heterocycles. The molecule has 2 rings (SSSR count). The Balaban J connectivity index is 1.97. The van der Waals surface area contributed by atoms with Gasteiger partial charge < -0.3 is 9.64 Å². The lowest BCUT2D eigenvalue weighted by atomic mass is 9.93. The van der Waals surface area contributed by atoms with E-state index in [2.05, 4.69) is 9.97 Å². The van der Waals surface area contributed by atoms with Crippen LogP contribution in [0.15, 0.2) is 18.5 Å². The number of piperidine rings is 1. The number of ether oxygens (including phenoxy) is 1. The van der Waals surface area contributed by atoms with E-state index in [9.17, 15) is 4.79 Å². The molecule has 0 bridgehead atoms. The molecular weight excluding hydrogens is 278 g/mol. The van der Waals surface area contributed by atoms with E-state index in [4.69, 9.17) is 16.3 Å². The Bertz CT molecular complexity index is 453. The second kappa shape index (κ2) is 6.39. The Morgan fingerprint density at radius 2 is 2.20 bits per heavy atom. The van der Waals surface area contributed by atoms with Crippen LogP contribution in [-0.4, -0.2) is 45.8 Å². The van der Waals surface area contributed by atoms with Gasteiger partial charge in [-0.25, -0.2) is 9.97 Å². The highest BCUT2D eigenvalue weighted by molar-refractivity contribution is 6.19. The van der Waals surface area contributed by atoms with Crippen LogP contribution in [0.4, 0.5) is 0 Å². The van der Waals surface area contributed by atoms with E-state index in [0.29, 0.717) is 18.4 Å². The lowest BCUT2D eigenvalue weighted by molar-refractivity contribution is -0.142. The second-order valence-corrected chi connectivity index (χ2v) is 5.95. The number of aromatic nitrogens is 2. The molecule has 5 nitrogen and oxygen atoms in total. The van der Waals surface area contributed by atoms with Gasteiger partial charge in [-0.3, -0.25) is 4.79 Å². The lowest BCUT2D eigenvalue weighted by Crippen LogP contribution is -2.49. The third kappa shape index (κ3) is 3.60. The maximum absolute atomic E-state index is 12.4. The minimum atomic E-state index is -0.535. The van der Waals surface area contributed by atoms with E-state index in [-0.39, 0.29) is 12.0 Å². The summed E-state index contributed by atoms with van der Waals surface area (Å²) in [5.74, 6) is 0.394. The molecular formula is C14H20ClN3O2. The maximum Gasteiger partial charge on any atom is 0.316 e. The molecule has 0 spiro atoms.